The molecule has 140 valence electrons. The third-order valence-electron chi connectivity index (χ3n) is 4.67. The van der Waals surface area contributed by atoms with Gasteiger partial charge >= 0.3 is 0 Å². The smallest absolute Gasteiger partial charge is 0.231 e. The molecule has 0 N–H and O–H groups in total. The van der Waals surface area contributed by atoms with E-state index in [2.05, 4.69) is 34.0 Å². The van der Waals surface area contributed by atoms with Gasteiger partial charge in [-0.05, 0) is 44.9 Å². The van der Waals surface area contributed by atoms with E-state index in [9.17, 15) is 0 Å². The molecule has 8 heteroatoms. The van der Waals surface area contributed by atoms with Gasteiger partial charge in [0.1, 0.15) is 10.8 Å². The monoisotopic (exact) mass is 400 g/mol. The Balaban J connectivity index is 1.32. The van der Waals surface area contributed by atoms with Crippen molar-refractivity contribution in [3.05, 3.63) is 35.1 Å². The summed E-state index contributed by atoms with van der Waals surface area (Å²) in [5.74, 6) is 4.12. The fourth-order valence-electron chi connectivity index (χ4n) is 3.17. The molecule has 1 saturated carbocycles. The van der Waals surface area contributed by atoms with Gasteiger partial charge in [-0.2, -0.15) is 0 Å². The summed E-state index contributed by atoms with van der Waals surface area (Å²) in [4.78, 5) is 4.79. The molecule has 2 aromatic heterocycles. The molecular weight excluding hydrogens is 380 g/mol. The van der Waals surface area contributed by atoms with E-state index in [1.165, 1.54) is 12.8 Å². The lowest BCUT2D eigenvalue weighted by molar-refractivity contribution is 0.174. The molecule has 0 spiro atoms. The van der Waals surface area contributed by atoms with Gasteiger partial charge in [-0.25, -0.2) is 4.98 Å². The molecule has 27 heavy (non-hydrogen) atoms. The molecule has 1 fully saturated rings. The lowest BCUT2D eigenvalue weighted by Crippen LogP contribution is -2.07. The number of nitrogens with zero attached hydrogens (tertiary/aromatic N) is 4. The summed E-state index contributed by atoms with van der Waals surface area (Å²) in [5, 5.41) is 13.0. The van der Waals surface area contributed by atoms with E-state index in [1.54, 1.807) is 23.1 Å². The lowest BCUT2D eigenvalue weighted by atomic mass is 10.2. The van der Waals surface area contributed by atoms with Crippen molar-refractivity contribution in [2.45, 2.75) is 49.6 Å². The van der Waals surface area contributed by atoms with Gasteiger partial charge in [0, 0.05) is 28.7 Å². The second-order valence-corrected chi connectivity index (χ2v) is 8.88. The van der Waals surface area contributed by atoms with Crippen molar-refractivity contribution in [1.29, 1.82) is 0 Å². The average Bonchev–Trinajstić information content (AvgIpc) is 3.10. The average molecular weight is 401 g/mol. The summed E-state index contributed by atoms with van der Waals surface area (Å²) >= 11 is 3.36. The van der Waals surface area contributed by atoms with Crippen molar-refractivity contribution < 1.29 is 9.47 Å². The molecule has 3 aromatic rings. The van der Waals surface area contributed by atoms with E-state index >= 15 is 0 Å². The van der Waals surface area contributed by atoms with Gasteiger partial charge in [-0.1, -0.05) is 11.8 Å². The van der Waals surface area contributed by atoms with Crippen LogP contribution in [0.4, 0.5) is 0 Å². The van der Waals surface area contributed by atoms with Gasteiger partial charge in [0.25, 0.3) is 0 Å². The highest BCUT2D eigenvalue weighted by Gasteiger charge is 2.31. The van der Waals surface area contributed by atoms with Gasteiger partial charge in [0.15, 0.2) is 16.7 Å². The van der Waals surface area contributed by atoms with Crippen molar-refractivity contribution in [3.63, 3.8) is 0 Å². The maximum atomic E-state index is 5.47. The minimum absolute atomic E-state index is 0.290. The fraction of sp³-hybridized carbons (Fsp3) is 0.421. The number of hydrogen-bond donors (Lipinski definition) is 0. The van der Waals surface area contributed by atoms with Gasteiger partial charge in [-0.3, -0.25) is 0 Å². The van der Waals surface area contributed by atoms with Crippen LogP contribution in [0, 0.1) is 0 Å². The SMILES string of the molecule is CC(C)n1c(SCc2csc(-c3ccc4c(c3)OCO4)n2)nnc1C1CC1. The molecule has 0 amide bonds. The van der Waals surface area contributed by atoms with Crippen molar-refractivity contribution in [2.24, 2.45) is 0 Å². The maximum Gasteiger partial charge on any atom is 0.231 e. The first-order chi connectivity index (χ1) is 13.2. The fourth-order valence-corrected chi connectivity index (χ4v) is 5.06. The molecule has 0 radical (unpaired) electrons. The summed E-state index contributed by atoms with van der Waals surface area (Å²) in [5.41, 5.74) is 2.12. The van der Waals surface area contributed by atoms with Gasteiger partial charge < -0.3 is 14.0 Å². The normalized spacial score (nSPS) is 15.7. The number of thiazole rings is 1. The van der Waals surface area contributed by atoms with Crippen LogP contribution in [0.1, 0.15) is 50.2 Å². The standard InChI is InChI=1S/C19H20N4O2S2/c1-11(2)23-17(12-3-4-12)21-22-19(23)27-9-14-8-26-18(20-14)13-5-6-15-16(7-13)25-10-24-15/h5-8,11-12H,3-4,9-10H2,1-2H3. The minimum atomic E-state index is 0.290. The van der Waals surface area contributed by atoms with Crippen molar-refractivity contribution >= 4 is 23.1 Å². The highest BCUT2D eigenvalue weighted by Crippen LogP contribution is 2.41. The first kappa shape index (κ1) is 17.1. The Morgan fingerprint density at radius 1 is 1.22 bits per heavy atom. The van der Waals surface area contributed by atoms with E-state index in [0.29, 0.717) is 12.0 Å². The summed E-state index contributed by atoms with van der Waals surface area (Å²) in [7, 11) is 0. The summed E-state index contributed by atoms with van der Waals surface area (Å²) < 4.78 is 13.1. The van der Waals surface area contributed by atoms with Gasteiger partial charge in [-0.15, -0.1) is 21.5 Å². The van der Waals surface area contributed by atoms with Gasteiger partial charge in [0.2, 0.25) is 6.79 Å². The number of hydrogen-bond acceptors (Lipinski definition) is 7. The Bertz CT molecular complexity index is 978. The molecule has 0 saturated heterocycles. The van der Waals surface area contributed by atoms with Crippen LogP contribution in [0.15, 0.2) is 28.7 Å². The Kier molecular flexibility index (Phi) is 4.32. The molecule has 0 atom stereocenters. The van der Waals surface area contributed by atoms with Crippen LogP contribution in [-0.2, 0) is 5.75 Å². The third-order valence-corrected chi connectivity index (χ3v) is 6.59. The highest BCUT2D eigenvalue weighted by molar-refractivity contribution is 7.98. The predicted octanol–water partition coefficient (Wildman–Crippen LogP) is 4.88. The second-order valence-electron chi connectivity index (χ2n) is 7.08. The molecule has 1 aromatic carbocycles. The van der Waals surface area contributed by atoms with Crippen LogP contribution in [0.2, 0.25) is 0 Å². The summed E-state index contributed by atoms with van der Waals surface area (Å²) in [6.07, 6.45) is 2.47. The van der Waals surface area contributed by atoms with E-state index in [-0.39, 0.29) is 6.79 Å². The molecule has 1 aliphatic carbocycles. The highest BCUT2D eigenvalue weighted by atomic mass is 32.2. The zero-order chi connectivity index (χ0) is 18.4. The molecule has 2 aliphatic rings. The number of fused-ring (bicyclic) bond motifs is 1. The van der Waals surface area contributed by atoms with Crippen LogP contribution in [0.25, 0.3) is 10.6 Å². The zero-order valence-corrected chi connectivity index (χ0v) is 16.8. The number of thioether (sulfide) groups is 1. The lowest BCUT2D eigenvalue weighted by Gasteiger charge is -2.12. The molecule has 0 bridgehead atoms. The van der Waals surface area contributed by atoms with Crippen molar-refractivity contribution in [3.8, 4) is 22.1 Å². The van der Waals surface area contributed by atoms with Crippen LogP contribution in [0.3, 0.4) is 0 Å². The zero-order valence-electron chi connectivity index (χ0n) is 15.2. The van der Waals surface area contributed by atoms with E-state index in [0.717, 1.165) is 44.5 Å². The van der Waals surface area contributed by atoms with Crippen LogP contribution in [0.5, 0.6) is 11.5 Å². The summed E-state index contributed by atoms with van der Waals surface area (Å²) in [6, 6.07) is 6.34. The van der Waals surface area contributed by atoms with Crippen LogP contribution in [-0.4, -0.2) is 26.5 Å². The summed E-state index contributed by atoms with van der Waals surface area (Å²) in [6.45, 7) is 4.68. The van der Waals surface area contributed by atoms with Crippen LogP contribution >= 0.6 is 23.1 Å². The number of aromatic nitrogens is 4. The minimum Gasteiger partial charge on any atom is -0.454 e. The topological polar surface area (TPSA) is 62.1 Å². The molecule has 1 aliphatic heterocycles. The number of benzene rings is 1. The van der Waals surface area contributed by atoms with Crippen molar-refractivity contribution in [2.75, 3.05) is 6.79 Å². The molecule has 3 heterocycles. The maximum absolute atomic E-state index is 5.47. The first-order valence-corrected chi connectivity index (χ1v) is 11.0. The quantitative estimate of drug-likeness (QED) is 0.550. The first-order valence-electron chi connectivity index (χ1n) is 9.11. The molecule has 6 nitrogen and oxygen atoms in total. The molecule has 0 unspecified atom stereocenters. The Morgan fingerprint density at radius 3 is 2.89 bits per heavy atom. The Hall–Kier alpha value is -2.06. The van der Waals surface area contributed by atoms with Crippen molar-refractivity contribution in [1.82, 2.24) is 19.7 Å². The third kappa shape index (κ3) is 3.32. The Morgan fingerprint density at radius 2 is 2.07 bits per heavy atom. The Labute approximate surface area is 165 Å². The van der Waals surface area contributed by atoms with E-state index < -0.39 is 0 Å². The number of ether oxygens (including phenoxy) is 2. The van der Waals surface area contributed by atoms with Crippen LogP contribution < -0.4 is 9.47 Å². The molecule has 5 rings (SSSR count). The van der Waals surface area contributed by atoms with E-state index in [1.807, 2.05) is 18.2 Å². The molecular formula is C19H20N4O2S2. The predicted molar refractivity (Wildman–Crippen MR) is 106 cm³/mol. The van der Waals surface area contributed by atoms with Gasteiger partial charge in [0.05, 0.1) is 5.69 Å². The second kappa shape index (κ2) is 6.83. The largest absolute Gasteiger partial charge is 0.454 e. The number of rotatable bonds is 6. The van der Waals surface area contributed by atoms with E-state index in [4.69, 9.17) is 14.5 Å².